The molecule has 0 fully saturated rings. The molecule has 2 aromatic carbocycles. The number of esters is 1. The normalized spacial score (nSPS) is 12.0. The minimum absolute atomic E-state index is 0.0679. The summed E-state index contributed by atoms with van der Waals surface area (Å²) in [6.45, 7) is 8.31. The molecule has 0 saturated heterocycles. The molecule has 2 rings (SSSR count). The molecule has 0 spiro atoms. The highest BCUT2D eigenvalue weighted by molar-refractivity contribution is 7.90. The fourth-order valence-corrected chi connectivity index (χ4v) is 3.03. The molecule has 0 heterocycles. The predicted octanol–water partition coefficient (Wildman–Crippen LogP) is 4.05. The fraction of sp³-hybridized carbons (Fsp3) is 0.350. The Kier molecular flexibility index (Phi) is 5.37. The molecule has 0 bridgehead atoms. The van der Waals surface area contributed by atoms with Crippen LogP contribution in [0.15, 0.2) is 47.4 Å². The molecule has 2 aromatic rings. The van der Waals surface area contributed by atoms with Crippen LogP contribution in [0.5, 0.6) is 0 Å². The fourth-order valence-electron chi connectivity index (χ4n) is 2.38. The summed E-state index contributed by atoms with van der Waals surface area (Å²) in [6, 6.07) is 12.4. The second-order valence-corrected chi connectivity index (χ2v) is 9.29. The van der Waals surface area contributed by atoms with Gasteiger partial charge in [0.05, 0.1) is 10.5 Å². The van der Waals surface area contributed by atoms with Gasteiger partial charge in [0.2, 0.25) is 0 Å². The van der Waals surface area contributed by atoms with E-state index < -0.39 is 15.8 Å². The van der Waals surface area contributed by atoms with Crippen molar-refractivity contribution in [3.63, 3.8) is 0 Å². The highest BCUT2D eigenvalue weighted by Gasteiger charge is 2.16. The molecule has 0 saturated carbocycles. The molecule has 4 nitrogen and oxygen atoms in total. The minimum atomic E-state index is -3.37. The topological polar surface area (TPSA) is 60.4 Å². The van der Waals surface area contributed by atoms with Crippen molar-refractivity contribution in [3.8, 4) is 0 Å². The van der Waals surface area contributed by atoms with Gasteiger partial charge in [-0.3, -0.25) is 0 Å². The van der Waals surface area contributed by atoms with Crippen molar-refractivity contribution < 1.29 is 17.9 Å². The van der Waals surface area contributed by atoms with Gasteiger partial charge in [-0.2, -0.15) is 0 Å². The molecule has 25 heavy (non-hydrogen) atoms. The van der Waals surface area contributed by atoms with Crippen molar-refractivity contribution in [2.24, 2.45) is 0 Å². The first-order chi connectivity index (χ1) is 11.5. The Morgan fingerprint density at radius 3 is 2.16 bits per heavy atom. The largest absolute Gasteiger partial charge is 0.457 e. The molecule has 0 aliphatic carbocycles. The van der Waals surface area contributed by atoms with E-state index in [4.69, 9.17) is 4.74 Å². The van der Waals surface area contributed by atoms with Gasteiger partial charge in [0, 0.05) is 6.26 Å². The monoisotopic (exact) mass is 360 g/mol. The summed E-state index contributed by atoms with van der Waals surface area (Å²) in [5.74, 6) is -0.525. The smallest absolute Gasteiger partial charge is 0.338 e. The molecular formula is C20H24O4S. The Bertz CT molecular complexity index is 873. The first-order valence-electron chi connectivity index (χ1n) is 8.06. The Labute approximate surface area is 149 Å². The lowest BCUT2D eigenvalue weighted by molar-refractivity contribution is 0.0471. The minimum Gasteiger partial charge on any atom is -0.457 e. The van der Waals surface area contributed by atoms with E-state index in [1.165, 1.54) is 17.7 Å². The molecule has 0 aromatic heterocycles. The van der Waals surface area contributed by atoms with Crippen LogP contribution in [0.1, 0.15) is 47.8 Å². The average Bonchev–Trinajstić information content (AvgIpc) is 2.51. The van der Waals surface area contributed by atoms with Crippen LogP contribution in [0.4, 0.5) is 0 Å². The van der Waals surface area contributed by atoms with E-state index in [-0.39, 0.29) is 22.5 Å². The quantitative estimate of drug-likeness (QED) is 0.772. The third-order valence-electron chi connectivity index (χ3n) is 4.05. The Morgan fingerprint density at radius 1 is 1.04 bits per heavy atom. The maximum absolute atomic E-state index is 12.3. The number of benzene rings is 2. The van der Waals surface area contributed by atoms with Crippen molar-refractivity contribution in [3.05, 3.63) is 64.7 Å². The zero-order chi connectivity index (χ0) is 18.8. The lowest BCUT2D eigenvalue weighted by atomic mass is 9.87. The number of sulfone groups is 1. The first kappa shape index (κ1) is 19.2. The summed E-state index contributed by atoms with van der Waals surface area (Å²) in [6.07, 6.45) is 1.11. The maximum Gasteiger partial charge on any atom is 0.338 e. The van der Waals surface area contributed by atoms with Gasteiger partial charge in [-0.15, -0.1) is 0 Å². The van der Waals surface area contributed by atoms with Gasteiger partial charge in [-0.05, 0) is 41.2 Å². The van der Waals surface area contributed by atoms with Crippen LogP contribution in [-0.2, 0) is 26.6 Å². The van der Waals surface area contributed by atoms with Crippen molar-refractivity contribution in [1.82, 2.24) is 0 Å². The van der Waals surface area contributed by atoms with Crippen LogP contribution in [0.25, 0.3) is 0 Å². The number of aryl methyl sites for hydroxylation is 1. The molecule has 0 unspecified atom stereocenters. The standard InChI is InChI=1S/C20H24O4S/c1-14-6-11-17(25(5,22)23)12-18(14)19(21)24-13-15-7-9-16(10-8-15)20(2,3)4/h6-12H,13H2,1-5H3. The number of carbonyl (C=O) groups is 1. The van der Waals surface area contributed by atoms with Crippen LogP contribution in [0.2, 0.25) is 0 Å². The average molecular weight is 360 g/mol. The van der Waals surface area contributed by atoms with Gasteiger partial charge in [-0.1, -0.05) is 51.1 Å². The summed E-state index contributed by atoms with van der Waals surface area (Å²) >= 11 is 0. The zero-order valence-electron chi connectivity index (χ0n) is 15.3. The molecule has 0 N–H and O–H groups in total. The van der Waals surface area contributed by atoms with E-state index >= 15 is 0 Å². The Hall–Kier alpha value is -2.14. The van der Waals surface area contributed by atoms with Crippen LogP contribution < -0.4 is 0 Å². The third kappa shape index (κ3) is 4.92. The van der Waals surface area contributed by atoms with E-state index in [9.17, 15) is 13.2 Å². The van der Waals surface area contributed by atoms with Gasteiger partial charge in [-0.25, -0.2) is 13.2 Å². The SMILES string of the molecule is Cc1ccc(S(C)(=O)=O)cc1C(=O)OCc1ccc(C(C)(C)C)cc1. The summed E-state index contributed by atoms with van der Waals surface area (Å²) in [5, 5.41) is 0. The van der Waals surface area contributed by atoms with Gasteiger partial charge in [0.1, 0.15) is 6.61 Å². The number of hydrogen-bond donors (Lipinski definition) is 0. The first-order valence-corrected chi connectivity index (χ1v) is 9.95. The molecule has 0 radical (unpaired) electrons. The van der Waals surface area contributed by atoms with Crippen molar-refractivity contribution in [2.75, 3.05) is 6.26 Å². The number of hydrogen-bond acceptors (Lipinski definition) is 4. The molecule has 0 aliphatic rings. The molecule has 134 valence electrons. The summed E-state index contributed by atoms with van der Waals surface area (Å²) in [7, 11) is -3.37. The van der Waals surface area contributed by atoms with Crippen molar-refractivity contribution >= 4 is 15.8 Å². The number of ether oxygens (including phenoxy) is 1. The molecule has 0 aliphatic heterocycles. The van der Waals surface area contributed by atoms with E-state index in [1.807, 2.05) is 24.3 Å². The van der Waals surface area contributed by atoms with E-state index in [1.54, 1.807) is 13.0 Å². The summed E-state index contributed by atoms with van der Waals surface area (Å²) in [4.78, 5) is 12.4. The van der Waals surface area contributed by atoms with E-state index in [0.717, 1.165) is 11.8 Å². The van der Waals surface area contributed by atoms with E-state index in [2.05, 4.69) is 20.8 Å². The maximum atomic E-state index is 12.3. The van der Waals surface area contributed by atoms with Crippen molar-refractivity contribution in [1.29, 1.82) is 0 Å². The molecular weight excluding hydrogens is 336 g/mol. The van der Waals surface area contributed by atoms with Crippen LogP contribution in [0, 0.1) is 6.92 Å². The summed E-state index contributed by atoms with van der Waals surface area (Å²) < 4.78 is 28.7. The molecule has 5 heteroatoms. The van der Waals surface area contributed by atoms with E-state index in [0.29, 0.717) is 5.56 Å². The summed E-state index contributed by atoms with van der Waals surface area (Å²) in [5.41, 5.74) is 3.12. The Balaban J connectivity index is 2.13. The van der Waals surface area contributed by atoms with Gasteiger partial charge >= 0.3 is 5.97 Å². The van der Waals surface area contributed by atoms with Gasteiger partial charge in [0.25, 0.3) is 0 Å². The lowest BCUT2D eigenvalue weighted by Crippen LogP contribution is -2.11. The van der Waals surface area contributed by atoms with Crippen LogP contribution in [-0.4, -0.2) is 20.6 Å². The zero-order valence-corrected chi connectivity index (χ0v) is 16.1. The van der Waals surface area contributed by atoms with Crippen molar-refractivity contribution in [2.45, 2.75) is 44.6 Å². The Morgan fingerprint density at radius 2 is 1.64 bits per heavy atom. The van der Waals surface area contributed by atoms with Gasteiger partial charge in [0.15, 0.2) is 9.84 Å². The number of rotatable bonds is 4. The highest BCUT2D eigenvalue weighted by atomic mass is 32.2. The van der Waals surface area contributed by atoms with Crippen LogP contribution >= 0.6 is 0 Å². The molecule has 0 atom stereocenters. The van der Waals surface area contributed by atoms with Gasteiger partial charge < -0.3 is 4.74 Å². The van der Waals surface area contributed by atoms with Crippen LogP contribution in [0.3, 0.4) is 0 Å². The second kappa shape index (κ2) is 7.00. The number of carbonyl (C=O) groups excluding carboxylic acids is 1. The lowest BCUT2D eigenvalue weighted by Gasteiger charge is -2.19. The second-order valence-electron chi connectivity index (χ2n) is 7.27. The molecule has 0 amide bonds. The highest BCUT2D eigenvalue weighted by Crippen LogP contribution is 2.22. The predicted molar refractivity (Wildman–Crippen MR) is 98.6 cm³/mol. The third-order valence-corrected chi connectivity index (χ3v) is 5.16.